The largest absolute Gasteiger partial charge is 0.390 e. The zero-order chi connectivity index (χ0) is 15.2. The van der Waals surface area contributed by atoms with Crippen molar-refractivity contribution in [2.75, 3.05) is 0 Å². The number of rotatable bonds is 11. The van der Waals surface area contributed by atoms with Crippen LogP contribution >= 0.6 is 0 Å². The fourth-order valence-electron chi connectivity index (χ4n) is 3.53. The Labute approximate surface area is 127 Å². The lowest BCUT2D eigenvalue weighted by Crippen LogP contribution is -2.52. The highest BCUT2D eigenvalue weighted by molar-refractivity contribution is 6.80. The van der Waals surface area contributed by atoms with Crippen molar-refractivity contribution in [1.82, 2.24) is 0 Å². The molecule has 1 fully saturated rings. The van der Waals surface area contributed by atoms with E-state index in [0.717, 1.165) is 19.3 Å². The molecule has 0 bridgehead atoms. The van der Waals surface area contributed by atoms with Gasteiger partial charge in [0.25, 0.3) is 0 Å². The molecule has 1 unspecified atom stereocenters. The van der Waals surface area contributed by atoms with Crippen LogP contribution in [0.25, 0.3) is 0 Å². The maximum Gasteiger partial charge on any atom is 0.109 e. The van der Waals surface area contributed by atoms with Crippen LogP contribution < -0.4 is 0 Å². The maximum absolute atomic E-state index is 10.5. The molecule has 3 atom stereocenters. The molecule has 1 saturated heterocycles. The molecule has 0 amide bonds. The summed E-state index contributed by atoms with van der Waals surface area (Å²) >= 11 is 0. The Kier molecular flexibility index (Phi) is 7.23. The van der Waals surface area contributed by atoms with Gasteiger partial charge in [0.05, 0.1) is 20.3 Å². The third-order valence-electron chi connectivity index (χ3n) is 4.81. The van der Waals surface area contributed by atoms with Crippen LogP contribution in [0.15, 0.2) is 0 Å². The van der Waals surface area contributed by atoms with E-state index in [1.807, 2.05) is 0 Å². The second kappa shape index (κ2) is 7.95. The summed E-state index contributed by atoms with van der Waals surface area (Å²) in [5, 5.41) is 10.4. The standard InChI is InChI=1S/C17H36O2Si/c1-6-8-9-10-11-12-14-16-17(19-16,20(3,4)5)15(18)13-7-2/h15-16,18H,6-14H2,1-5H3/t15?,16-,17+/m0/s1. The fourth-order valence-corrected chi connectivity index (χ4v) is 6.28. The summed E-state index contributed by atoms with van der Waals surface area (Å²) in [5.41, 5.74) is 0. The van der Waals surface area contributed by atoms with Crippen molar-refractivity contribution in [3.63, 3.8) is 0 Å². The smallest absolute Gasteiger partial charge is 0.109 e. The van der Waals surface area contributed by atoms with E-state index in [1.165, 1.54) is 38.5 Å². The number of hydrogen-bond donors (Lipinski definition) is 1. The average Bonchev–Trinajstić information content (AvgIpc) is 3.09. The third-order valence-corrected chi connectivity index (χ3v) is 7.93. The molecule has 0 saturated carbocycles. The molecule has 1 aliphatic rings. The highest BCUT2D eigenvalue weighted by Gasteiger charge is 2.67. The van der Waals surface area contributed by atoms with Gasteiger partial charge in [-0.05, 0) is 12.8 Å². The van der Waals surface area contributed by atoms with Gasteiger partial charge in [-0.2, -0.15) is 0 Å². The molecule has 1 aliphatic heterocycles. The van der Waals surface area contributed by atoms with Gasteiger partial charge in [0.2, 0.25) is 0 Å². The molecule has 1 N–H and O–H groups in total. The molecule has 1 rings (SSSR count). The highest BCUT2D eigenvalue weighted by Crippen LogP contribution is 2.50. The molecule has 0 spiro atoms. The van der Waals surface area contributed by atoms with Crippen molar-refractivity contribution in [2.24, 2.45) is 0 Å². The van der Waals surface area contributed by atoms with Gasteiger partial charge in [0.1, 0.15) is 5.22 Å². The summed E-state index contributed by atoms with van der Waals surface area (Å²) in [7, 11) is -1.49. The van der Waals surface area contributed by atoms with Crippen LogP contribution in [0.4, 0.5) is 0 Å². The van der Waals surface area contributed by atoms with E-state index in [0.29, 0.717) is 6.10 Å². The Bertz CT molecular complexity index is 275. The lowest BCUT2D eigenvalue weighted by Gasteiger charge is -2.31. The van der Waals surface area contributed by atoms with E-state index >= 15 is 0 Å². The summed E-state index contributed by atoms with van der Waals surface area (Å²) < 4.78 is 6.12. The summed E-state index contributed by atoms with van der Waals surface area (Å²) in [6.07, 6.45) is 11.2. The van der Waals surface area contributed by atoms with Gasteiger partial charge in [0, 0.05) is 0 Å². The predicted octanol–water partition coefficient (Wildman–Crippen LogP) is 4.91. The third kappa shape index (κ3) is 4.31. The molecule has 120 valence electrons. The Morgan fingerprint density at radius 2 is 1.60 bits per heavy atom. The van der Waals surface area contributed by atoms with Crippen LogP contribution in [-0.2, 0) is 4.74 Å². The fraction of sp³-hybridized carbons (Fsp3) is 1.00. The molecular formula is C17H36O2Si. The minimum Gasteiger partial charge on any atom is -0.390 e. The molecule has 2 nitrogen and oxygen atoms in total. The molecule has 0 aliphatic carbocycles. The second-order valence-electron chi connectivity index (χ2n) is 7.51. The summed E-state index contributed by atoms with van der Waals surface area (Å²) in [6.45, 7) is 11.4. The molecule has 20 heavy (non-hydrogen) atoms. The second-order valence-corrected chi connectivity index (χ2v) is 12.8. The van der Waals surface area contributed by atoms with Crippen LogP contribution in [0.3, 0.4) is 0 Å². The van der Waals surface area contributed by atoms with E-state index < -0.39 is 8.07 Å². The van der Waals surface area contributed by atoms with Gasteiger partial charge in [0.15, 0.2) is 0 Å². The summed E-state index contributed by atoms with van der Waals surface area (Å²) in [4.78, 5) is 0. The zero-order valence-corrected chi connectivity index (χ0v) is 15.4. The van der Waals surface area contributed by atoms with Gasteiger partial charge in [-0.25, -0.2) is 0 Å². The van der Waals surface area contributed by atoms with Crippen LogP contribution in [0.5, 0.6) is 0 Å². The molecule has 0 aromatic carbocycles. The van der Waals surface area contributed by atoms with Crippen molar-refractivity contribution in [1.29, 1.82) is 0 Å². The lowest BCUT2D eigenvalue weighted by atomic mass is 10.0. The number of unbranched alkanes of at least 4 members (excludes halogenated alkanes) is 5. The van der Waals surface area contributed by atoms with Gasteiger partial charge in [-0.3, -0.25) is 0 Å². The highest BCUT2D eigenvalue weighted by atomic mass is 28.3. The lowest BCUT2D eigenvalue weighted by molar-refractivity contribution is 0.102. The van der Waals surface area contributed by atoms with E-state index in [4.69, 9.17) is 4.74 Å². The molecule has 3 heteroatoms. The van der Waals surface area contributed by atoms with Crippen LogP contribution in [-0.4, -0.2) is 30.6 Å². The van der Waals surface area contributed by atoms with Crippen LogP contribution in [0.2, 0.25) is 19.6 Å². The Balaban J connectivity index is 2.37. The van der Waals surface area contributed by atoms with E-state index in [9.17, 15) is 5.11 Å². The van der Waals surface area contributed by atoms with Crippen molar-refractivity contribution in [3.05, 3.63) is 0 Å². The van der Waals surface area contributed by atoms with Crippen LogP contribution in [0, 0.1) is 0 Å². The summed E-state index contributed by atoms with van der Waals surface area (Å²) in [6, 6.07) is 0. The monoisotopic (exact) mass is 300 g/mol. The van der Waals surface area contributed by atoms with Gasteiger partial charge in [-0.15, -0.1) is 0 Å². The van der Waals surface area contributed by atoms with Gasteiger partial charge >= 0.3 is 0 Å². The zero-order valence-electron chi connectivity index (χ0n) is 14.4. The van der Waals surface area contributed by atoms with Crippen molar-refractivity contribution >= 4 is 8.07 Å². The van der Waals surface area contributed by atoms with Crippen molar-refractivity contribution in [3.8, 4) is 0 Å². The average molecular weight is 301 g/mol. The van der Waals surface area contributed by atoms with Gasteiger partial charge < -0.3 is 9.84 Å². The van der Waals surface area contributed by atoms with Gasteiger partial charge in [-0.1, -0.05) is 78.4 Å². The predicted molar refractivity (Wildman–Crippen MR) is 89.9 cm³/mol. The normalized spacial score (nSPS) is 27.6. The van der Waals surface area contributed by atoms with E-state index in [-0.39, 0.29) is 11.3 Å². The molecule has 0 aromatic heterocycles. The SMILES string of the molecule is CCCCCCCC[C@@H]1O[C@]1(C(O)CCC)[Si](C)(C)C. The molecule has 0 radical (unpaired) electrons. The Hall–Kier alpha value is 0.137. The maximum atomic E-state index is 10.5. The quantitative estimate of drug-likeness (QED) is 0.334. The first-order valence-corrected chi connectivity index (χ1v) is 12.3. The first-order valence-electron chi connectivity index (χ1n) is 8.76. The Morgan fingerprint density at radius 3 is 2.15 bits per heavy atom. The number of aliphatic hydroxyl groups excluding tert-OH is 1. The van der Waals surface area contributed by atoms with Crippen LogP contribution in [0.1, 0.15) is 71.6 Å². The summed E-state index contributed by atoms with van der Waals surface area (Å²) in [5.74, 6) is 0. The first kappa shape index (κ1) is 18.2. The topological polar surface area (TPSA) is 32.8 Å². The minimum atomic E-state index is -1.49. The molecular weight excluding hydrogens is 264 g/mol. The first-order chi connectivity index (χ1) is 9.40. The number of hydrogen-bond acceptors (Lipinski definition) is 2. The van der Waals surface area contributed by atoms with E-state index in [2.05, 4.69) is 33.5 Å². The number of epoxide rings is 1. The van der Waals surface area contributed by atoms with Crippen molar-refractivity contribution < 1.29 is 9.84 Å². The number of ether oxygens (including phenoxy) is 1. The molecule has 1 heterocycles. The Morgan fingerprint density at radius 1 is 1.00 bits per heavy atom. The molecule has 0 aromatic rings. The minimum absolute atomic E-state index is 0.146. The van der Waals surface area contributed by atoms with E-state index in [1.54, 1.807) is 0 Å². The van der Waals surface area contributed by atoms with Crippen molar-refractivity contribution in [2.45, 2.75) is 109 Å². The number of aliphatic hydroxyl groups is 1.